The summed E-state index contributed by atoms with van der Waals surface area (Å²) in [6.45, 7) is 15.3. The minimum Gasteiger partial charge on any atom is -0.324 e. The third-order valence-electron chi connectivity index (χ3n) is 12.9. The molecule has 0 saturated heterocycles. The van der Waals surface area contributed by atoms with Crippen LogP contribution in [0.4, 0.5) is 0 Å². The van der Waals surface area contributed by atoms with Crippen LogP contribution in [0, 0.1) is 0 Å². The van der Waals surface area contributed by atoms with Crippen LogP contribution in [-0.2, 0) is 0 Å². The molecule has 320 valence electrons. The second kappa shape index (κ2) is 46.3. The van der Waals surface area contributed by atoms with Gasteiger partial charge in [-0.15, -0.1) is 0 Å². The summed E-state index contributed by atoms with van der Waals surface area (Å²) in [5, 5.41) is 0. The fraction of sp³-hybridized carbons (Fsp3) is 1.00. The zero-order valence-electron chi connectivity index (χ0n) is 38.4. The van der Waals surface area contributed by atoms with Gasteiger partial charge in [0.1, 0.15) is 0 Å². The van der Waals surface area contributed by atoms with E-state index in [4.69, 9.17) is 0 Å². The summed E-state index contributed by atoms with van der Waals surface area (Å²) in [6.07, 6.45) is 64.7. The van der Waals surface area contributed by atoms with Crippen LogP contribution in [0.2, 0.25) is 0 Å². The Hall–Kier alpha value is -0.0400. The first-order valence-electron chi connectivity index (χ1n) is 26.1. The van der Waals surface area contributed by atoms with E-state index in [1.807, 2.05) is 0 Å². The standard InChI is InChI=1S/C52H108N/c1-5-9-13-17-21-25-26-27-28-29-30-31-32-36-40-44-48-52-53(49-45-41-37-33-22-18-14-10-6-2,50-46-42-38-34-23-19-15-11-7-3)51-47-43-39-35-24-20-16-12-8-4/h5-52H2,1-4H3/q+1. The number of hydrogen-bond acceptors (Lipinski definition) is 0. The smallest absolute Gasteiger partial charge is 0.0786 e. The number of quaternary nitrogens is 1. The molecule has 0 spiro atoms. The highest BCUT2D eigenvalue weighted by Gasteiger charge is 2.25. The summed E-state index contributed by atoms with van der Waals surface area (Å²) in [6, 6.07) is 0. The normalized spacial score (nSPS) is 12.0. The zero-order valence-corrected chi connectivity index (χ0v) is 38.4. The van der Waals surface area contributed by atoms with Crippen LogP contribution in [0.1, 0.15) is 310 Å². The first kappa shape index (κ1) is 53.0. The fourth-order valence-electron chi connectivity index (χ4n) is 9.12. The second-order valence-electron chi connectivity index (χ2n) is 18.4. The molecule has 0 aliphatic rings. The van der Waals surface area contributed by atoms with E-state index < -0.39 is 0 Å². The molecule has 0 heterocycles. The van der Waals surface area contributed by atoms with Crippen LogP contribution in [0.3, 0.4) is 0 Å². The van der Waals surface area contributed by atoms with E-state index in [0.717, 1.165) is 0 Å². The summed E-state index contributed by atoms with van der Waals surface area (Å²) in [4.78, 5) is 0. The average molecular weight is 747 g/mol. The highest BCUT2D eigenvalue weighted by molar-refractivity contribution is 4.57. The predicted molar refractivity (Wildman–Crippen MR) is 246 cm³/mol. The summed E-state index contributed by atoms with van der Waals surface area (Å²) in [7, 11) is 0. The number of hydrogen-bond donors (Lipinski definition) is 0. The van der Waals surface area contributed by atoms with Gasteiger partial charge in [-0.05, 0) is 51.4 Å². The number of nitrogens with zero attached hydrogens (tertiary/aromatic N) is 1. The quantitative estimate of drug-likeness (QED) is 0.0430. The number of unbranched alkanes of at least 4 members (excludes halogenated alkanes) is 40. The lowest BCUT2D eigenvalue weighted by Crippen LogP contribution is -2.50. The molecule has 0 saturated carbocycles. The molecule has 1 nitrogen and oxygen atoms in total. The first-order valence-corrected chi connectivity index (χ1v) is 26.1. The Bertz CT molecular complexity index is 572. The van der Waals surface area contributed by atoms with Gasteiger partial charge in [-0.3, -0.25) is 0 Å². The predicted octanol–water partition coefficient (Wildman–Crippen LogP) is 19.0. The maximum atomic E-state index is 2.34. The van der Waals surface area contributed by atoms with E-state index in [2.05, 4.69) is 27.7 Å². The average Bonchev–Trinajstić information content (AvgIpc) is 3.17. The topological polar surface area (TPSA) is 0 Å². The minimum absolute atomic E-state index is 1.37. The largest absolute Gasteiger partial charge is 0.324 e. The lowest BCUT2D eigenvalue weighted by molar-refractivity contribution is -0.929. The molecule has 0 aliphatic heterocycles. The van der Waals surface area contributed by atoms with Crippen LogP contribution in [0.15, 0.2) is 0 Å². The Morgan fingerprint density at radius 1 is 0.151 bits per heavy atom. The van der Waals surface area contributed by atoms with E-state index >= 15 is 0 Å². The molecule has 0 unspecified atom stereocenters. The van der Waals surface area contributed by atoms with Crippen LogP contribution in [0.5, 0.6) is 0 Å². The minimum atomic E-state index is 1.37. The lowest BCUT2D eigenvalue weighted by Gasteiger charge is -2.40. The molecule has 53 heavy (non-hydrogen) atoms. The summed E-state index contributed by atoms with van der Waals surface area (Å²) >= 11 is 0. The van der Waals surface area contributed by atoms with Crippen molar-refractivity contribution < 1.29 is 4.48 Å². The van der Waals surface area contributed by atoms with Crippen molar-refractivity contribution in [2.24, 2.45) is 0 Å². The van der Waals surface area contributed by atoms with Crippen molar-refractivity contribution in [3.63, 3.8) is 0 Å². The van der Waals surface area contributed by atoms with E-state index in [1.54, 1.807) is 0 Å². The van der Waals surface area contributed by atoms with Gasteiger partial charge in [0.05, 0.1) is 26.2 Å². The molecule has 0 rings (SSSR count). The highest BCUT2D eigenvalue weighted by atomic mass is 15.3. The van der Waals surface area contributed by atoms with Crippen molar-refractivity contribution in [2.45, 2.75) is 310 Å². The molecule has 0 fully saturated rings. The van der Waals surface area contributed by atoms with Gasteiger partial charge >= 0.3 is 0 Å². The van der Waals surface area contributed by atoms with Crippen molar-refractivity contribution >= 4 is 0 Å². The van der Waals surface area contributed by atoms with Crippen LogP contribution in [-0.4, -0.2) is 30.7 Å². The highest BCUT2D eigenvalue weighted by Crippen LogP contribution is 2.22. The molecule has 0 aromatic heterocycles. The molecule has 0 aromatic rings. The molecule has 0 aromatic carbocycles. The Labute approximate surface area is 339 Å². The Kier molecular flexibility index (Phi) is 46.3. The van der Waals surface area contributed by atoms with Crippen molar-refractivity contribution in [1.29, 1.82) is 0 Å². The van der Waals surface area contributed by atoms with Crippen molar-refractivity contribution in [3.05, 3.63) is 0 Å². The van der Waals surface area contributed by atoms with Gasteiger partial charge in [0.25, 0.3) is 0 Å². The molecule has 0 N–H and O–H groups in total. The third-order valence-corrected chi connectivity index (χ3v) is 12.9. The van der Waals surface area contributed by atoms with E-state index in [-0.39, 0.29) is 0 Å². The Balaban J connectivity index is 4.71. The van der Waals surface area contributed by atoms with E-state index in [9.17, 15) is 0 Å². The molecule has 0 atom stereocenters. The molecular weight excluding hydrogens is 639 g/mol. The summed E-state index contributed by atoms with van der Waals surface area (Å²) < 4.78 is 1.49. The molecule has 1 heteroatoms. The summed E-state index contributed by atoms with van der Waals surface area (Å²) in [5.74, 6) is 0. The van der Waals surface area contributed by atoms with E-state index in [1.165, 1.54) is 313 Å². The second-order valence-corrected chi connectivity index (χ2v) is 18.4. The van der Waals surface area contributed by atoms with Gasteiger partial charge < -0.3 is 4.48 Å². The van der Waals surface area contributed by atoms with Crippen LogP contribution >= 0.6 is 0 Å². The zero-order chi connectivity index (χ0) is 38.4. The number of rotatable bonds is 48. The van der Waals surface area contributed by atoms with Gasteiger partial charge in [0, 0.05) is 0 Å². The SMILES string of the molecule is CCCCCCCCCCCCCCCCCCC[N+](CCCCCCCCCCC)(CCCCCCCCCCC)CCCCCCCCCCC. The van der Waals surface area contributed by atoms with Gasteiger partial charge in [-0.25, -0.2) is 0 Å². The Morgan fingerprint density at radius 2 is 0.264 bits per heavy atom. The monoisotopic (exact) mass is 747 g/mol. The fourth-order valence-corrected chi connectivity index (χ4v) is 9.12. The maximum Gasteiger partial charge on any atom is 0.0786 e. The first-order chi connectivity index (χ1) is 26.2. The van der Waals surface area contributed by atoms with Gasteiger partial charge in [0.15, 0.2) is 0 Å². The van der Waals surface area contributed by atoms with Crippen molar-refractivity contribution in [3.8, 4) is 0 Å². The molecule has 0 aliphatic carbocycles. The molecular formula is C52H108N+. The van der Waals surface area contributed by atoms with Crippen LogP contribution in [0.25, 0.3) is 0 Å². The van der Waals surface area contributed by atoms with E-state index in [0.29, 0.717) is 0 Å². The van der Waals surface area contributed by atoms with Crippen molar-refractivity contribution in [2.75, 3.05) is 26.2 Å². The van der Waals surface area contributed by atoms with Gasteiger partial charge in [-0.1, -0.05) is 259 Å². The lowest BCUT2D eigenvalue weighted by atomic mass is 10.0. The molecule has 0 radical (unpaired) electrons. The summed E-state index contributed by atoms with van der Waals surface area (Å²) in [5.41, 5.74) is 0. The molecule has 0 bridgehead atoms. The maximum absolute atomic E-state index is 2.34. The van der Waals surface area contributed by atoms with Crippen LogP contribution < -0.4 is 0 Å². The molecule has 0 amide bonds. The third kappa shape index (κ3) is 41.4. The van der Waals surface area contributed by atoms with Gasteiger partial charge in [0.2, 0.25) is 0 Å². The van der Waals surface area contributed by atoms with Crippen molar-refractivity contribution in [1.82, 2.24) is 0 Å². The van der Waals surface area contributed by atoms with Gasteiger partial charge in [-0.2, -0.15) is 0 Å². The Morgan fingerprint density at radius 3 is 0.396 bits per heavy atom.